The Balaban J connectivity index is 1.26. The van der Waals surface area contributed by atoms with Crippen LogP contribution in [0.4, 0.5) is 0 Å². The van der Waals surface area contributed by atoms with Gasteiger partial charge in [0.2, 0.25) is 5.91 Å². The molecule has 0 radical (unpaired) electrons. The van der Waals surface area contributed by atoms with E-state index in [1.54, 1.807) is 4.52 Å². The molecular formula is C27H27ClN6O2. The van der Waals surface area contributed by atoms with Gasteiger partial charge in [0.25, 0.3) is 0 Å². The van der Waals surface area contributed by atoms with Crippen molar-refractivity contribution < 1.29 is 9.53 Å². The van der Waals surface area contributed by atoms with E-state index in [0.717, 1.165) is 53.4 Å². The summed E-state index contributed by atoms with van der Waals surface area (Å²) in [4.78, 5) is 12.4. The predicted octanol–water partition coefficient (Wildman–Crippen LogP) is 5.13. The lowest BCUT2D eigenvalue weighted by Gasteiger charge is -2.05. The number of hydrogen-bond donors (Lipinski definition) is 1. The topological polar surface area (TPSA) is 85.8 Å². The summed E-state index contributed by atoms with van der Waals surface area (Å²) in [5, 5.41) is 17.0. The summed E-state index contributed by atoms with van der Waals surface area (Å²) in [7, 11) is 0. The number of rotatable bonds is 10. The van der Waals surface area contributed by atoms with E-state index in [1.165, 1.54) is 0 Å². The molecule has 0 aliphatic carbocycles. The first-order valence-corrected chi connectivity index (χ1v) is 12.4. The number of benzene rings is 2. The summed E-state index contributed by atoms with van der Waals surface area (Å²) >= 11 is 6.01. The Morgan fingerprint density at radius 2 is 1.94 bits per heavy atom. The minimum absolute atomic E-state index is 0.0541. The van der Waals surface area contributed by atoms with Gasteiger partial charge in [0.1, 0.15) is 17.1 Å². The number of hydrogen-bond acceptors (Lipinski definition) is 5. The molecule has 0 atom stereocenters. The molecule has 3 aromatic heterocycles. The first-order chi connectivity index (χ1) is 17.6. The molecule has 0 aliphatic heterocycles. The van der Waals surface area contributed by atoms with E-state index in [1.807, 2.05) is 71.4 Å². The second kappa shape index (κ2) is 10.8. The van der Waals surface area contributed by atoms with Crippen LogP contribution >= 0.6 is 11.6 Å². The smallest absolute Gasteiger partial charge is 0.220 e. The first kappa shape index (κ1) is 23.8. The Kier molecular flexibility index (Phi) is 7.13. The van der Waals surface area contributed by atoms with Crippen molar-refractivity contribution in [2.45, 2.75) is 39.2 Å². The van der Waals surface area contributed by atoms with Crippen LogP contribution < -0.4 is 10.1 Å². The number of halogens is 1. The number of aryl methyl sites for hydroxylation is 1. The third kappa shape index (κ3) is 5.33. The Morgan fingerprint density at radius 1 is 1.08 bits per heavy atom. The van der Waals surface area contributed by atoms with Crippen LogP contribution in [0.3, 0.4) is 0 Å². The molecule has 0 spiro atoms. The zero-order chi connectivity index (χ0) is 24.9. The van der Waals surface area contributed by atoms with Crippen molar-refractivity contribution in [2.24, 2.45) is 0 Å². The molecule has 0 bridgehead atoms. The lowest BCUT2D eigenvalue weighted by Crippen LogP contribution is -2.23. The predicted molar refractivity (Wildman–Crippen MR) is 139 cm³/mol. The quantitative estimate of drug-likeness (QED) is 0.268. The van der Waals surface area contributed by atoms with E-state index in [9.17, 15) is 4.79 Å². The van der Waals surface area contributed by atoms with Crippen molar-refractivity contribution in [3.05, 3.63) is 83.4 Å². The van der Waals surface area contributed by atoms with Crippen molar-refractivity contribution >= 4 is 28.7 Å². The molecule has 184 valence electrons. The highest BCUT2D eigenvalue weighted by Crippen LogP contribution is 2.24. The third-order valence-corrected chi connectivity index (χ3v) is 6.19. The van der Waals surface area contributed by atoms with Crippen molar-refractivity contribution in [1.29, 1.82) is 0 Å². The number of carbonyl (C=O) groups is 1. The number of ether oxygens (including phenoxy) is 1. The number of nitrogens with one attached hydrogen (secondary N) is 1. The van der Waals surface area contributed by atoms with Gasteiger partial charge in [0.15, 0.2) is 5.65 Å². The summed E-state index contributed by atoms with van der Waals surface area (Å²) in [6, 6.07) is 17.4. The Bertz CT molecular complexity index is 1490. The number of amides is 1. The molecule has 5 rings (SSSR count). The highest BCUT2D eigenvalue weighted by Gasteiger charge is 2.14. The fourth-order valence-electron chi connectivity index (χ4n) is 3.99. The van der Waals surface area contributed by atoms with Gasteiger partial charge in [-0.15, -0.1) is 10.2 Å². The molecule has 0 saturated heterocycles. The fourth-order valence-corrected chi connectivity index (χ4v) is 4.20. The van der Waals surface area contributed by atoms with Crippen molar-refractivity contribution in [3.63, 3.8) is 0 Å². The van der Waals surface area contributed by atoms with Gasteiger partial charge in [-0.25, -0.2) is 4.52 Å². The van der Waals surface area contributed by atoms with Crippen LogP contribution in [-0.2, 0) is 17.8 Å². The molecule has 9 heteroatoms. The van der Waals surface area contributed by atoms with Crippen molar-refractivity contribution in [3.8, 4) is 17.0 Å². The average Bonchev–Trinajstić information content (AvgIpc) is 3.51. The van der Waals surface area contributed by atoms with E-state index in [-0.39, 0.29) is 5.91 Å². The Labute approximate surface area is 213 Å². The third-order valence-electron chi connectivity index (χ3n) is 5.96. The largest absolute Gasteiger partial charge is 0.494 e. The van der Waals surface area contributed by atoms with E-state index < -0.39 is 0 Å². The van der Waals surface area contributed by atoms with Crippen molar-refractivity contribution in [2.75, 3.05) is 6.61 Å². The highest BCUT2D eigenvalue weighted by atomic mass is 35.5. The van der Waals surface area contributed by atoms with Crippen LogP contribution in [-0.4, -0.2) is 36.7 Å². The van der Waals surface area contributed by atoms with E-state index in [0.29, 0.717) is 30.1 Å². The molecule has 2 aromatic carbocycles. The monoisotopic (exact) mass is 502 g/mol. The van der Waals surface area contributed by atoms with Gasteiger partial charge in [-0.2, -0.15) is 5.10 Å². The van der Waals surface area contributed by atoms with Crippen LogP contribution in [0.5, 0.6) is 5.75 Å². The van der Waals surface area contributed by atoms with Crippen LogP contribution in [0.15, 0.2) is 67.0 Å². The number of fused-ring (bicyclic) bond motifs is 3. The lowest BCUT2D eigenvalue weighted by molar-refractivity contribution is -0.121. The number of carbonyl (C=O) groups excluding carboxylic acids is 1. The van der Waals surface area contributed by atoms with Crippen molar-refractivity contribution in [1.82, 2.24) is 29.5 Å². The maximum atomic E-state index is 12.4. The van der Waals surface area contributed by atoms with Gasteiger partial charge < -0.3 is 10.1 Å². The second-order valence-corrected chi connectivity index (χ2v) is 9.04. The lowest BCUT2D eigenvalue weighted by atomic mass is 10.1. The zero-order valence-corrected chi connectivity index (χ0v) is 20.8. The maximum Gasteiger partial charge on any atom is 0.220 e. The molecule has 5 aromatic rings. The van der Waals surface area contributed by atoms with Gasteiger partial charge in [0, 0.05) is 42.4 Å². The Hall–Kier alpha value is -3.91. The number of unbranched alkanes of at least 4 members (excludes halogenated alkanes) is 1. The number of aromatic nitrogens is 5. The minimum atomic E-state index is -0.0541. The Morgan fingerprint density at radius 3 is 2.75 bits per heavy atom. The first-order valence-electron chi connectivity index (χ1n) is 12.1. The van der Waals surface area contributed by atoms with E-state index in [2.05, 4.69) is 22.4 Å². The second-order valence-electron chi connectivity index (χ2n) is 8.60. The molecule has 1 N–H and O–H groups in total. The van der Waals surface area contributed by atoms with Crippen LogP contribution in [0.2, 0.25) is 5.02 Å². The number of nitrogens with zero attached hydrogens (tertiary/aromatic N) is 5. The van der Waals surface area contributed by atoms with Gasteiger partial charge in [-0.05, 0) is 54.4 Å². The SMILES string of the molecule is CCCCOc1ccc(-c2cc3c4nnc(CCC(=O)NCc5cccc(Cl)c5)n4ccn3n2)cc1. The van der Waals surface area contributed by atoms with Gasteiger partial charge >= 0.3 is 0 Å². The minimum Gasteiger partial charge on any atom is -0.494 e. The molecule has 0 saturated carbocycles. The maximum absolute atomic E-state index is 12.4. The zero-order valence-electron chi connectivity index (χ0n) is 20.0. The average molecular weight is 503 g/mol. The highest BCUT2D eigenvalue weighted by molar-refractivity contribution is 6.30. The normalized spacial score (nSPS) is 11.3. The van der Waals surface area contributed by atoms with Crippen LogP contribution in [0, 0.1) is 0 Å². The van der Waals surface area contributed by atoms with Gasteiger partial charge in [-0.1, -0.05) is 37.1 Å². The molecule has 0 fully saturated rings. The molecule has 36 heavy (non-hydrogen) atoms. The molecule has 0 aliphatic rings. The molecule has 0 unspecified atom stereocenters. The van der Waals surface area contributed by atoms with Crippen LogP contribution in [0.1, 0.15) is 37.6 Å². The van der Waals surface area contributed by atoms with Gasteiger partial charge in [0.05, 0.1) is 12.3 Å². The standard InChI is InChI=1S/C27H27ClN6O2/c1-2-3-15-36-22-9-7-20(8-10-22)23-17-24-27-31-30-25(33(27)13-14-34(24)32-23)11-12-26(35)29-18-19-5-4-6-21(28)16-19/h4-10,13-14,16-17H,2-3,11-12,15,18H2,1H3,(H,29,35). The summed E-state index contributed by atoms with van der Waals surface area (Å²) in [5.41, 5.74) is 4.34. The summed E-state index contributed by atoms with van der Waals surface area (Å²) < 4.78 is 9.47. The summed E-state index contributed by atoms with van der Waals surface area (Å²) in [6.07, 6.45) is 6.68. The molecule has 3 heterocycles. The summed E-state index contributed by atoms with van der Waals surface area (Å²) in [5.74, 6) is 1.53. The summed E-state index contributed by atoms with van der Waals surface area (Å²) in [6.45, 7) is 3.30. The van der Waals surface area contributed by atoms with Gasteiger partial charge in [-0.3, -0.25) is 9.20 Å². The molecule has 8 nitrogen and oxygen atoms in total. The molecule has 1 amide bonds. The molecular weight excluding hydrogens is 476 g/mol. The fraction of sp³-hybridized carbons (Fsp3) is 0.259. The van der Waals surface area contributed by atoms with E-state index >= 15 is 0 Å². The van der Waals surface area contributed by atoms with E-state index in [4.69, 9.17) is 21.4 Å². The van der Waals surface area contributed by atoms with Crippen LogP contribution in [0.25, 0.3) is 22.4 Å².